The Morgan fingerprint density at radius 1 is 1.30 bits per heavy atom. The summed E-state index contributed by atoms with van der Waals surface area (Å²) < 4.78 is 1.77. The summed E-state index contributed by atoms with van der Waals surface area (Å²) in [7, 11) is 0. The van der Waals surface area contributed by atoms with Crippen LogP contribution in [-0.2, 0) is 16.1 Å². The SMILES string of the molecule is CC1NC(=O)C(C(C)(C)C)N(CCn2cccn2)C1=O. The van der Waals surface area contributed by atoms with Crippen LogP contribution in [-0.4, -0.2) is 45.1 Å². The van der Waals surface area contributed by atoms with Gasteiger partial charge < -0.3 is 10.2 Å². The number of aromatic nitrogens is 2. The van der Waals surface area contributed by atoms with E-state index in [1.54, 1.807) is 22.7 Å². The monoisotopic (exact) mass is 278 g/mol. The zero-order chi connectivity index (χ0) is 14.9. The van der Waals surface area contributed by atoms with Gasteiger partial charge in [0.1, 0.15) is 12.1 Å². The average Bonchev–Trinajstić information content (AvgIpc) is 2.83. The van der Waals surface area contributed by atoms with Crippen LogP contribution in [0, 0.1) is 5.41 Å². The number of carbonyl (C=O) groups excluding carboxylic acids is 2. The van der Waals surface area contributed by atoms with Crippen molar-refractivity contribution in [3.05, 3.63) is 18.5 Å². The predicted molar refractivity (Wildman–Crippen MR) is 74.8 cm³/mol. The lowest BCUT2D eigenvalue weighted by Crippen LogP contribution is -2.66. The molecule has 1 fully saturated rings. The van der Waals surface area contributed by atoms with Gasteiger partial charge in [-0.1, -0.05) is 20.8 Å². The first kappa shape index (κ1) is 14.6. The highest BCUT2D eigenvalue weighted by molar-refractivity contribution is 5.97. The molecule has 0 radical (unpaired) electrons. The zero-order valence-corrected chi connectivity index (χ0v) is 12.5. The summed E-state index contributed by atoms with van der Waals surface area (Å²) in [5.74, 6) is -0.109. The van der Waals surface area contributed by atoms with Crippen molar-refractivity contribution in [2.24, 2.45) is 5.41 Å². The molecule has 1 aliphatic rings. The van der Waals surface area contributed by atoms with E-state index in [4.69, 9.17) is 0 Å². The number of nitrogens with one attached hydrogen (secondary N) is 1. The Kier molecular flexibility index (Phi) is 3.83. The second-order valence-electron chi connectivity index (χ2n) is 6.30. The molecule has 0 bridgehead atoms. The molecule has 0 saturated carbocycles. The maximum atomic E-state index is 12.4. The maximum absolute atomic E-state index is 12.4. The third-order valence-corrected chi connectivity index (χ3v) is 3.52. The fraction of sp³-hybridized carbons (Fsp3) is 0.643. The number of carbonyl (C=O) groups is 2. The minimum Gasteiger partial charge on any atom is -0.343 e. The molecule has 0 aromatic carbocycles. The molecule has 2 unspecified atom stereocenters. The third kappa shape index (κ3) is 2.84. The van der Waals surface area contributed by atoms with Crippen LogP contribution in [0.15, 0.2) is 18.5 Å². The van der Waals surface area contributed by atoms with Gasteiger partial charge in [-0.05, 0) is 18.4 Å². The lowest BCUT2D eigenvalue weighted by Gasteiger charge is -2.44. The summed E-state index contributed by atoms with van der Waals surface area (Å²) in [6, 6.07) is 0.940. The van der Waals surface area contributed by atoms with Crippen LogP contribution in [0.3, 0.4) is 0 Å². The fourth-order valence-corrected chi connectivity index (χ4v) is 2.61. The smallest absolute Gasteiger partial charge is 0.245 e. The van der Waals surface area contributed by atoms with Crippen molar-refractivity contribution >= 4 is 11.8 Å². The Labute approximate surface area is 119 Å². The summed E-state index contributed by atoms with van der Waals surface area (Å²) in [5, 5.41) is 6.89. The van der Waals surface area contributed by atoms with E-state index in [0.29, 0.717) is 13.1 Å². The van der Waals surface area contributed by atoms with Gasteiger partial charge in [0.2, 0.25) is 11.8 Å². The Bertz CT molecular complexity index is 490. The standard InChI is InChI=1S/C14H22N4O2/c1-10-13(20)18(9-8-17-7-5-6-15-17)11(12(19)16-10)14(2,3)4/h5-7,10-11H,8-9H2,1-4H3,(H,16,19). The quantitative estimate of drug-likeness (QED) is 0.882. The molecule has 0 spiro atoms. The van der Waals surface area contributed by atoms with Gasteiger partial charge in [-0.25, -0.2) is 0 Å². The van der Waals surface area contributed by atoms with Crippen LogP contribution in [0.1, 0.15) is 27.7 Å². The normalized spacial score (nSPS) is 23.9. The molecule has 2 amide bonds. The van der Waals surface area contributed by atoms with Crippen LogP contribution >= 0.6 is 0 Å². The summed E-state index contributed by atoms with van der Waals surface area (Å²) in [5.41, 5.74) is -0.302. The van der Waals surface area contributed by atoms with Gasteiger partial charge in [0.15, 0.2) is 0 Å². The molecule has 0 aliphatic carbocycles. The van der Waals surface area contributed by atoms with Gasteiger partial charge in [0, 0.05) is 18.9 Å². The maximum Gasteiger partial charge on any atom is 0.245 e. The lowest BCUT2D eigenvalue weighted by atomic mass is 9.83. The van der Waals surface area contributed by atoms with E-state index in [1.165, 1.54) is 0 Å². The van der Waals surface area contributed by atoms with Crippen molar-refractivity contribution in [3.63, 3.8) is 0 Å². The molecule has 1 saturated heterocycles. The van der Waals surface area contributed by atoms with E-state index in [9.17, 15) is 9.59 Å². The first-order valence-electron chi connectivity index (χ1n) is 6.89. The van der Waals surface area contributed by atoms with Crippen LogP contribution in [0.5, 0.6) is 0 Å². The van der Waals surface area contributed by atoms with E-state index in [0.717, 1.165) is 0 Å². The summed E-state index contributed by atoms with van der Waals surface area (Å²) in [6.45, 7) is 8.72. The Hall–Kier alpha value is -1.85. The molecule has 1 N–H and O–H groups in total. The predicted octanol–water partition coefficient (Wildman–Crippen LogP) is 0.645. The van der Waals surface area contributed by atoms with Gasteiger partial charge in [-0.2, -0.15) is 5.10 Å². The van der Waals surface area contributed by atoms with Gasteiger partial charge in [-0.15, -0.1) is 0 Å². The Morgan fingerprint density at radius 3 is 2.55 bits per heavy atom. The van der Waals surface area contributed by atoms with E-state index in [2.05, 4.69) is 10.4 Å². The summed E-state index contributed by atoms with van der Waals surface area (Å²) >= 11 is 0. The number of hydrogen-bond acceptors (Lipinski definition) is 3. The van der Waals surface area contributed by atoms with Crippen molar-refractivity contribution in [3.8, 4) is 0 Å². The van der Waals surface area contributed by atoms with Crippen molar-refractivity contribution in [2.45, 2.75) is 46.3 Å². The topological polar surface area (TPSA) is 67.2 Å². The molecule has 6 nitrogen and oxygen atoms in total. The first-order valence-corrected chi connectivity index (χ1v) is 6.89. The van der Waals surface area contributed by atoms with E-state index >= 15 is 0 Å². The second kappa shape index (κ2) is 5.26. The molecular formula is C14H22N4O2. The van der Waals surface area contributed by atoms with E-state index in [1.807, 2.05) is 33.0 Å². The minimum atomic E-state index is -0.460. The van der Waals surface area contributed by atoms with E-state index < -0.39 is 12.1 Å². The Morgan fingerprint density at radius 2 is 2.00 bits per heavy atom. The number of nitrogens with zero attached hydrogens (tertiary/aromatic N) is 3. The number of rotatable bonds is 3. The molecule has 2 atom stereocenters. The number of hydrogen-bond donors (Lipinski definition) is 1. The largest absolute Gasteiger partial charge is 0.343 e. The first-order chi connectivity index (χ1) is 9.30. The van der Waals surface area contributed by atoms with Gasteiger partial charge in [-0.3, -0.25) is 14.3 Å². The molecular weight excluding hydrogens is 256 g/mol. The van der Waals surface area contributed by atoms with Crippen molar-refractivity contribution in [2.75, 3.05) is 6.54 Å². The highest BCUT2D eigenvalue weighted by Crippen LogP contribution is 2.27. The molecule has 6 heteroatoms. The minimum absolute atomic E-state index is 0.0309. The summed E-state index contributed by atoms with van der Waals surface area (Å²) in [6.07, 6.45) is 3.55. The van der Waals surface area contributed by atoms with Gasteiger partial charge >= 0.3 is 0 Å². The molecule has 110 valence electrons. The van der Waals surface area contributed by atoms with Crippen molar-refractivity contribution in [1.29, 1.82) is 0 Å². The Balaban J connectivity index is 2.18. The van der Waals surface area contributed by atoms with Crippen molar-refractivity contribution in [1.82, 2.24) is 20.0 Å². The van der Waals surface area contributed by atoms with Crippen LogP contribution < -0.4 is 5.32 Å². The van der Waals surface area contributed by atoms with Crippen molar-refractivity contribution < 1.29 is 9.59 Å². The third-order valence-electron chi connectivity index (χ3n) is 3.52. The number of amides is 2. The lowest BCUT2D eigenvalue weighted by molar-refractivity contribution is -0.153. The molecule has 20 heavy (non-hydrogen) atoms. The zero-order valence-electron chi connectivity index (χ0n) is 12.5. The molecule has 2 heterocycles. The van der Waals surface area contributed by atoms with Crippen LogP contribution in [0.4, 0.5) is 0 Å². The molecule has 2 rings (SSSR count). The van der Waals surface area contributed by atoms with Gasteiger partial charge in [0.05, 0.1) is 6.54 Å². The second-order valence-corrected chi connectivity index (χ2v) is 6.30. The highest BCUT2D eigenvalue weighted by atomic mass is 16.2. The molecule has 1 aromatic heterocycles. The fourth-order valence-electron chi connectivity index (χ4n) is 2.61. The average molecular weight is 278 g/mol. The summed E-state index contributed by atoms with van der Waals surface area (Å²) in [4.78, 5) is 26.3. The van der Waals surface area contributed by atoms with Gasteiger partial charge in [0.25, 0.3) is 0 Å². The highest BCUT2D eigenvalue weighted by Gasteiger charge is 2.44. The van der Waals surface area contributed by atoms with E-state index in [-0.39, 0.29) is 17.2 Å². The number of piperazine rings is 1. The molecule has 1 aromatic rings. The van der Waals surface area contributed by atoms with Crippen LogP contribution in [0.2, 0.25) is 0 Å². The molecule has 1 aliphatic heterocycles. The van der Waals surface area contributed by atoms with Crippen LogP contribution in [0.25, 0.3) is 0 Å².